The highest BCUT2D eigenvalue weighted by Crippen LogP contribution is 2.27. The number of non-ortho nitro benzene ring substituents is 1. The van der Waals surface area contributed by atoms with Crippen molar-refractivity contribution < 1.29 is 9.66 Å². The third-order valence-corrected chi connectivity index (χ3v) is 2.99. The number of ether oxygens (including phenoxy) is 1. The van der Waals surface area contributed by atoms with Crippen molar-refractivity contribution >= 4 is 17.3 Å². The van der Waals surface area contributed by atoms with Crippen molar-refractivity contribution in [1.82, 2.24) is 0 Å². The molecule has 0 aromatic heterocycles. The molecule has 0 aliphatic carbocycles. The van der Waals surface area contributed by atoms with Crippen LogP contribution in [0.3, 0.4) is 0 Å². The Morgan fingerprint density at radius 3 is 2.47 bits per heavy atom. The lowest BCUT2D eigenvalue weighted by Gasteiger charge is -2.09. The lowest BCUT2D eigenvalue weighted by atomic mass is 10.1. The van der Waals surface area contributed by atoms with Crippen LogP contribution in [0, 0.1) is 17.0 Å². The molecule has 0 fully saturated rings. The molecule has 0 aliphatic heterocycles. The van der Waals surface area contributed by atoms with Crippen LogP contribution in [-0.4, -0.2) is 4.92 Å². The van der Waals surface area contributed by atoms with Crippen molar-refractivity contribution in [2.75, 3.05) is 0 Å². The standard InChI is InChI=1S/C14H12ClNO3/c1-10-2-3-11(9-15)8-14(10)19-13-6-4-12(5-7-13)16(17)18/h2-8H,9H2,1H3. The van der Waals surface area contributed by atoms with Gasteiger partial charge in [0.1, 0.15) is 11.5 Å². The van der Waals surface area contributed by atoms with E-state index in [1.54, 1.807) is 12.1 Å². The van der Waals surface area contributed by atoms with Gasteiger partial charge in [-0.3, -0.25) is 10.1 Å². The Balaban J connectivity index is 2.23. The quantitative estimate of drug-likeness (QED) is 0.472. The van der Waals surface area contributed by atoms with Gasteiger partial charge in [-0.2, -0.15) is 0 Å². The fourth-order valence-corrected chi connectivity index (χ4v) is 1.77. The van der Waals surface area contributed by atoms with Crippen LogP contribution in [-0.2, 0) is 5.88 Å². The Kier molecular flexibility index (Phi) is 4.02. The van der Waals surface area contributed by atoms with Crippen LogP contribution in [0.4, 0.5) is 5.69 Å². The molecule has 4 nitrogen and oxygen atoms in total. The summed E-state index contributed by atoms with van der Waals surface area (Å²) >= 11 is 5.78. The van der Waals surface area contributed by atoms with Gasteiger partial charge in [0, 0.05) is 18.0 Å². The smallest absolute Gasteiger partial charge is 0.269 e. The zero-order valence-electron chi connectivity index (χ0n) is 10.3. The second-order valence-corrected chi connectivity index (χ2v) is 4.35. The van der Waals surface area contributed by atoms with E-state index in [9.17, 15) is 10.1 Å². The molecule has 0 radical (unpaired) electrons. The van der Waals surface area contributed by atoms with Crippen LogP contribution >= 0.6 is 11.6 Å². The summed E-state index contributed by atoms with van der Waals surface area (Å²) in [5.74, 6) is 1.67. The number of alkyl halides is 1. The topological polar surface area (TPSA) is 52.4 Å². The van der Waals surface area contributed by atoms with Crippen molar-refractivity contribution in [3.8, 4) is 11.5 Å². The van der Waals surface area contributed by atoms with E-state index in [1.807, 2.05) is 25.1 Å². The van der Waals surface area contributed by atoms with E-state index >= 15 is 0 Å². The first-order chi connectivity index (χ1) is 9.10. The van der Waals surface area contributed by atoms with Crippen LogP contribution in [0.2, 0.25) is 0 Å². The molecule has 0 N–H and O–H groups in total. The number of rotatable bonds is 4. The highest BCUT2D eigenvalue weighted by molar-refractivity contribution is 6.17. The Morgan fingerprint density at radius 1 is 1.21 bits per heavy atom. The predicted octanol–water partition coefficient (Wildman–Crippen LogP) is 4.43. The SMILES string of the molecule is Cc1ccc(CCl)cc1Oc1ccc([N+](=O)[O-])cc1. The van der Waals surface area contributed by atoms with Crippen LogP contribution < -0.4 is 4.74 Å². The summed E-state index contributed by atoms with van der Waals surface area (Å²) < 4.78 is 5.71. The maximum atomic E-state index is 10.6. The molecule has 0 aliphatic rings. The monoisotopic (exact) mass is 277 g/mol. The van der Waals surface area contributed by atoms with Gasteiger partial charge in [0.05, 0.1) is 4.92 Å². The molecule has 0 saturated carbocycles. The molecule has 19 heavy (non-hydrogen) atoms. The number of hydrogen-bond donors (Lipinski definition) is 0. The van der Waals surface area contributed by atoms with E-state index in [0.717, 1.165) is 11.1 Å². The van der Waals surface area contributed by atoms with E-state index in [4.69, 9.17) is 16.3 Å². The number of nitro groups is 1. The van der Waals surface area contributed by atoms with Crippen molar-refractivity contribution in [2.45, 2.75) is 12.8 Å². The zero-order valence-corrected chi connectivity index (χ0v) is 11.1. The van der Waals surface area contributed by atoms with Gasteiger partial charge in [0.15, 0.2) is 0 Å². The number of nitrogens with zero attached hydrogens (tertiary/aromatic N) is 1. The van der Waals surface area contributed by atoms with Crippen molar-refractivity contribution in [3.05, 3.63) is 63.7 Å². The first kappa shape index (κ1) is 13.4. The second kappa shape index (κ2) is 5.71. The van der Waals surface area contributed by atoms with Gasteiger partial charge in [-0.25, -0.2) is 0 Å². The number of hydrogen-bond acceptors (Lipinski definition) is 3. The van der Waals surface area contributed by atoms with Crippen LogP contribution in [0.5, 0.6) is 11.5 Å². The summed E-state index contributed by atoms with van der Waals surface area (Å²) in [6.07, 6.45) is 0. The molecule has 0 saturated heterocycles. The Labute approximate surface area is 115 Å². The first-order valence-corrected chi connectivity index (χ1v) is 6.21. The minimum Gasteiger partial charge on any atom is -0.457 e. The minimum absolute atomic E-state index is 0.0404. The Bertz CT molecular complexity index is 596. The average Bonchev–Trinajstić information content (AvgIpc) is 2.42. The van der Waals surface area contributed by atoms with Crippen LogP contribution in [0.15, 0.2) is 42.5 Å². The molecule has 0 bridgehead atoms. The fraction of sp³-hybridized carbons (Fsp3) is 0.143. The molecule has 0 amide bonds. The van der Waals surface area contributed by atoms with Gasteiger partial charge in [0.25, 0.3) is 5.69 Å². The molecule has 98 valence electrons. The second-order valence-electron chi connectivity index (χ2n) is 4.09. The molecule has 0 spiro atoms. The van der Waals surface area contributed by atoms with Gasteiger partial charge >= 0.3 is 0 Å². The summed E-state index contributed by atoms with van der Waals surface area (Å²) in [4.78, 5) is 10.1. The summed E-state index contributed by atoms with van der Waals surface area (Å²) in [5, 5.41) is 10.6. The molecule has 5 heteroatoms. The normalized spacial score (nSPS) is 10.2. The summed E-state index contributed by atoms with van der Waals surface area (Å²) in [7, 11) is 0. The van der Waals surface area contributed by atoms with Crippen molar-refractivity contribution in [1.29, 1.82) is 0 Å². The molecule has 0 atom stereocenters. The van der Waals surface area contributed by atoms with Crippen LogP contribution in [0.25, 0.3) is 0 Å². The number of benzene rings is 2. The maximum absolute atomic E-state index is 10.6. The number of aryl methyl sites for hydroxylation is 1. The zero-order chi connectivity index (χ0) is 13.8. The van der Waals surface area contributed by atoms with Gasteiger partial charge < -0.3 is 4.74 Å². The Morgan fingerprint density at radius 2 is 1.89 bits per heavy atom. The van der Waals surface area contributed by atoms with E-state index in [1.165, 1.54) is 12.1 Å². The van der Waals surface area contributed by atoms with Crippen molar-refractivity contribution in [3.63, 3.8) is 0 Å². The van der Waals surface area contributed by atoms with Gasteiger partial charge in [-0.15, -0.1) is 11.6 Å². The Hall–Kier alpha value is -2.07. The third kappa shape index (κ3) is 3.23. The third-order valence-electron chi connectivity index (χ3n) is 2.68. The summed E-state index contributed by atoms with van der Waals surface area (Å²) in [6.45, 7) is 1.93. The minimum atomic E-state index is -0.441. The molecule has 0 heterocycles. The maximum Gasteiger partial charge on any atom is 0.269 e. The van der Waals surface area contributed by atoms with Gasteiger partial charge in [0.2, 0.25) is 0 Å². The first-order valence-electron chi connectivity index (χ1n) is 5.68. The molecular weight excluding hydrogens is 266 g/mol. The fourth-order valence-electron chi connectivity index (χ4n) is 1.60. The van der Waals surface area contributed by atoms with Crippen molar-refractivity contribution in [2.24, 2.45) is 0 Å². The largest absolute Gasteiger partial charge is 0.457 e. The molecule has 2 rings (SSSR count). The lowest BCUT2D eigenvalue weighted by Crippen LogP contribution is -1.91. The van der Waals surface area contributed by atoms with E-state index in [2.05, 4.69) is 0 Å². The molecule has 2 aromatic rings. The van der Waals surface area contributed by atoms with Crippen LogP contribution in [0.1, 0.15) is 11.1 Å². The molecular formula is C14H12ClNO3. The lowest BCUT2D eigenvalue weighted by molar-refractivity contribution is -0.384. The highest BCUT2D eigenvalue weighted by atomic mass is 35.5. The van der Waals surface area contributed by atoms with E-state index in [-0.39, 0.29) is 5.69 Å². The van der Waals surface area contributed by atoms with Gasteiger partial charge in [-0.05, 0) is 36.2 Å². The average molecular weight is 278 g/mol. The molecule has 2 aromatic carbocycles. The highest BCUT2D eigenvalue weighted by Gasteiger charge is 2.07. The number of halogens is 1. The van der Waals surface area contributed by atoms with Gasteiger partial charge in [-0.1, -0.05) is 12.1 Å². The summed E-state index contributed by atoms with van der Waals surface area (Å²) in [6, 6.07) is 11.7. The van der Waals surface area contributed by atoms with E-state index < -0.39 is 4.92 Å². The molecule has 0 unspecified atom stereocenters. The predicted molar refractivity (Wildman–Crippen MR) is 73.9 cm³/mol. The van der Waals surface area contributed by atoms with E-state index in [0.29, 0.717) is 17.4 Å². The summed E-state index contributed by atoms with van der Waals surface area (Å²) in [5.41, 5.74) is 1.98. The number of nitro benzene ring substituents is 1.